The van der Waals surface area contributed by atoms with Crippen LogP contribution in [-0.2, 0) is 13.2 Å². The van der Waals surface area contributed by atoms with Crippen LogP contribution in [0.3, 0.4) is 0 Å². The van der Waals surface area contributed by atoms with E-state index in [4.69, 9.17) is 9.47 Å². The summed E-state index contributed by atoms with van der Waals surface area (Å²) in [5.41, 5.74) is 2.23. The molecule has 1 atom stereocenters. The lowest BCUT2D eigenvalue weighted by molar-refractivity contribution is 0.238. The Morgan fingerprint density at radius 1 is 1.17 bits per heavy atom. The van der Waals surface area contributed by atoms with Gasteiger partial charge < -0.3 is 19.9 Å². The molecule has 0 aliphatic rings. The Morgan fingerprint density at radius 2 is 1.92 bits per heavy atom. The van der Waals surface area contributed by atoms with Gasteiger partial charge in [0.25, 0.3) is 0 Å². The van der Waals surface area contributed by atoms with Gasteiger partial charge in [-0.05, 0) is 52.3 Å². The summed E-state index contributed by atoms with van der Waals surface area (Å²) in [6.45, 7) is 3.39. The molecule has 0 aliphatic carbocycles. The van der Waals surface area contributed by atoms with Crippen molar-refractivity contribution in [2.75, 3.05) is 13.7 Å². The average Bonchev–Trinajstić information content (AvgIpc) is 2.62. The van der Waals surface area contributed by atoms with Crippen LogP contribution in [0.4, 0.5) is 0 Å². The van der Waals surface area contributed by atoms with E-state index in [-0.39, 0.29) is 12.6 Å². The third-order valence-electron chi connectivity index (χ3n) is 3.82. The maximum atomic E-state index is 9.27. The monoisotopic (exact) mass is 441 g/mol. The van der Waals surface area contributed by atoms with Crippen LogP contribution in [0.1, 0.15) is 24.5 Å². The quantitative estimate of drug-likeness (QED) is 0.583. The molecule has 0 saturated carbocycles. The predicted octanol–water partition coefficient (Wildman–Crippen LogP) is 3.74. The number of halogens is 1. The fourth-order valence-corrected chi connectivity index (χ4v) is 3.17. The van der Waals surface area contributed by atoms with Crippen LogP contribution in [0.25, 0.3) is 0 Å². The second-order valence-electron chi connectivity index (χ2n) is 5.55. The van der Waals surface area contributed by atoms with Crippen LogP contribution >= 0.6 is 22.6 Å². The summed E-state index contributed by atoms with van der Waals surface area (Å²) in [7, 11) is 1.65. The van der Waals surface area contributed by atoms with Crippen molar-refractivity contribution in [3.63, 3.8) is 0 Å². The Morgan fingerprint density at radius 3 is 2.54 bits per heavy atom. The van der Waals surface area contributed by atoms with E-state index < -0.39 is 0 Å². The highest BCUT2D eigenvalue weighted by Gasteiger charge is 2.13. The van der Waals surface area contributed by atoms with Crippen molar-refractivity contribution in [3.8, 4) is 11.5 Å². The summed E-state index contributed by atoms with van der Waals surface area (Å²) in [5.74, 6) is 1.49. The fourth-order valence-electron chi connectivity index (χ4n) is 2.35. The Bertz CT molecular complexity index is 630. The molecule has 2 aromatic rings. The van der Waals surface area contributed by atoms with Gasteiger partial charge in [-0.15, -0.1) is 0 Å². The van der Waals surface area contributed by atoms with E-state index >= 15 is 0 Å². The number of benzene rings is 2. The molecule has 4 nitrogen and oxygen atoms in total. The molecule has 2 rings (SSSR count). The maximum absolute atomic E-state index is 9.27. The van der Waals surface area contributed by atoms with Crippen molar-refractivity contribution in [3.05, 3.63) is 57.2 Å². The van der Waals surface area contributed by atoms with E-state index in [0.717, 1.165) is 32.6 Å². The van der Waals surface area contributed by atoms with E-state index in [1.807, 2.05) is 36.4 Å². The molecule has 0 aromatic heterocycles. The van der Waals surface area contributed by atoms with Gasteiger partial charge in [0, 0.05) is 12.6 Å². The van der Waals surface area contributed by atoms with Crippen molar-refractivity contribution in [1.29, 1.82) is 0 Å². The van der Waals surface area contributed by atoms with Gasteiger partial charge >= 0.3 is 0 Å². The third-order valence-corrected chi connectivity index (χ3v) is 4.62. The van der Waals surface area contributed by atoms with Crippen molar-refractivity contribution < 1.29 is 14.6 Å². The molecule has 2 aromatic carbocycles. The molecule has 1 unspecified atom stereocenters. The van der Waals surface area contributed by atoms with Crippen molar-refractivity contribution in [2.45, 2.75) is 32.5 Å². The van der Waals surface area contributed by atoms with Crippen molar-refractivity contribution in [1.82, 2.24) is 5.32 Å². The summed E-state index contributed by atoms with van der Waals surface area (Å²) in [6, 6.07) is 14.3. The Hall–Kier alpha value is -1.31. The Kier molecular flexibility index (Phi) is 7.81. The molecule has 0 spiro atoms. The highest BCUT2D eigenvalue weighted by atomic mass is 127. The highest BCUT2D eigenvalue weighted by molar-refractivity contribution is 14.1. The molecule has 0 aliphatic heterocycles. The van der Waals surface area contributed by atoms with Gasteiger partial charge in [-0.2, -0.15) is 0 Å². The van der Waals surface area contributed by atoms with Gasteiger partial charge in [0.2, 0.25) is 0 Å². The molecule has 0 amide bonds. The van der Waals surface area contributed by atoms with E-state index in [9.17, 15) is 5.11 Å². The summed E-state index contributed by atoms with van der Waals surface area (Å²) in [5, 5.41) is 12.6. The van der Waals surface area contributed by atoms with Crippen LogP contribution < -0.4 is 14.8 Å². The van der Waals surface area contributed by atoms with Gasteiger partial charge in [0.05, 0.1) is 17.3 Å². The van der Waals surface area contributed by atoms with Crippen molar-refractivity contribution >= 4 is 22.6 Å². The van der Waals surface area contributed by atoms with E-state index in [2.05, 4.69) is 40.9 Å². The lowest BCUT2D eigenvalue weighted by Gasteiger charge is -2.17. The van der Waals surface area contributed by atoms with Crippen LogP contribution in [-0.4, -0.2) is 24.9 Å². The van der Waals surface area contributed by atoms with E-state index in [0.29, 0.717) is 13.2 Å². The smallest absolute Gasteiger partial charge is 0.174 e. The van der Waals surface area contributed by atoms with Gasteiger partial charge in [0.1, 0.15) is 6.61 Å². The zero-order valence-corrected chi connectivity index (χ0v) is 16.2. The first-order valence-corrected chi connectivity index (χ1v) is 9.13. The minimum atomic E-state index is 0.114. The normalized spacial score (nSPS) is 12.0. The molecule has 5 heteroatoms. The van der Waals surface area contributed by atoms with Gasteiger partial charge in [0.15, 0.2) is 11.5 Å². The van der Waals surface area contributed by atoms with E-state index in [1.54, 1.807) is 7.11 Å². The number of hydrogen-bond donors (Lipinski definition) is 2. The molecule has 0 saturated heterocycles. The van der Waals surface area contributed by atoms with Crippen LogP contribution in [0.5, 0.6) is 11.5 Å². The Balaban J connectivity index is 2.09. The average molecular weight is 441 g/mol. The van der Waals surface area contributed by atoms with Gasteiger partial charge in [-0.1, -0.05) is 37.3 Å². The second-order valence-corrected chi connectivity index (χ2v) is 6.71. The molecule has 130 valence electrons. The number of aliphatic hydroxyl groups is 1. The van der Waals surface area contributed by atoms with E-state index in [1.165, 1.54) is 0 Å². The summed E-state index contributed by atoms with van der Waals surface area (Å²) in [4.78, 5) is 0. The van der Waals surface area contributed by atoms with Gasteiger partial charge in [-0.25, -0.2) is 0 Å². The molecular weight excluding hydrogens is 417 g/mol. The summed E-state index contributed by atoms with van der Waals surface area (Å²) < 4.78 is 12.5. The molecule has 0 fully saturated rings. The molecule has 0 radical (unpaired) electrons. The lowest BCUT2D eigenvalue weighted by Crippen LogP contribution is -2.31. The Labute approximate surface area is 157 Å². The standard InChI is InChI=1S/C19H24INO3/c1-3-16(12-22)21-11-15-9-17(20)19(18(10-15)23-2)24-13-14-7-5-4-6-8-14/h4-10,16,21-22H,3,11-13H2,1-2H3. The largest absolute Gasteiger partial charge is 0.493 e. The maximum Gasteiger partial charge on any atom is 0.174 e. The number of rotatable bonds is 9. The second kappa shape index (κ2) is 9.86. The molecular formula is C19H24INO3. The number of ether oxygens (including phenoxy) is 2. The molecule has 0 heterocycles. The minimum absolute atomic E-state index is 0.114. The lowest BCUT2D eigenvalue weighted by atomic mass is 10.1. The fraction of sp³-hybridized carbons (Fsp3) is 0.368. The van der Waals surface area contributed by atoms with Crippen LogP contribution in [0.15, 0.2) is 42.5 Å². The predicted molar refractivity (Wildman–Crippen MR) is 104 cm³/mol. The number of hydrogen-bond acceptors (Lipinski definition) is 4. The third kappa shape index (κ3) is 5.36. The van der Waals surface area contributed by atoms with Gasteiger partial charge in [-0.3, -0.25) is 0 Å². The first kappa shape index (κ1) is 19.0. The first-order valence-electron chi connectivity index (χ1n) is 8.05. The van der Waals surface area contributed by atoms with Crippen LogP contribution in [0.2, 0.25) is 0 Å². The van der Waals surface area contributed by atoms with Crippen molar-refractivity contribution in [2.24, 2.45) is 0 Å². The zero-order valence-electron chi connectivity index (χ0n) is 14.1. The summed E-state index contributed by atoms with van der Waals surface area (Å²) >= 11 is 2.27. The first-order chi connectivity index (χ1) is 11.7. The highest BCUT2D eigenvalue weighted by Crippen LogP contribution is 2.34. The number of aliphatic hydroxyl groups excluding tert-OH is 1. The molecule has 0 bridgehead atoms. The molecule has 24 heavy (non-hydrogen) atoms. The van der Waals surface area contributed by atoms with Crippen LogP contribution in [0, 0.1) is 3.57 Å². The number of methoxy groups -OCH3 is 1. The zero-order chi connectivity index (χ0) is 17.4. The topological polar surface area (TPSA) is 50.7 Å². The minimum Gasteiger partial charge on any atom is -0.493 e. The SMILES string of the molecule is CCC(CO)NCc1cc(I)c(OCc2ccccc2)c(OC)c1. The number of nitrogens with one attached hydrogen (secondary N) is 1. The molecule has 2 N–H and O–H groups in total. The summed E-state index contributed by atoms with van der Waals surface area (Å²) in [6.07, 6.45) is 0.892.